The van der Waals surface area contributed by atoms with Crippen molar-refractivity contribution in [3.05, 3.63) is 374 Å². The van der Waals surface area contributed by atoms with Gasteiger partial charge in [-0.3, -0.25) is 4.79 Å². The van der Waals surface area contributed by atoms with Crippen LogP contribution >= 0.6 is 31.4 Å². The summed E-state index contributed by atoms with van der Waals surface area (Å²) < 4.78 is 248. The van der Waals surface area contributed by atoms with Crippen LogP contribution < -0.4 is 0 Å². The second-order valence-corrected chi connectivity index (χ2v) is 49.2. The van der Waals surface area contributed by atoms with Gasteiger partial charge in [0.1, 0.15) is 5.60 Å². The first-order valence-electron chi connectivity index (χ1n) is 46.1. The standard InChI is InChI=1S/C30H33O2S.C22H21S.C18H13S.C18H15S.4C6H8F2O5S/c1-4-30(17-9-10-18-30)32-29(31)16-15-24-21(2)19-23(20-22(24)3)33-27-13-7-5-11-25(27)26-12-6-8-14-28(26)33;1-22(2,3)16-12-14-17(15-13-16)23-20-10-6-4-8-18(20)19-9-5-7-11-21(19)23;1-2-8-14(9-3-1)19-17-12-6-4-10-15(17)16-11-5-7-13-18(16)19;1-4-10-16(11-5-1)19(17-12-6-2-7-13-17)18-14-8-3-9-15-18;4*1-4(2)5(9)13-3-6(7,8)14(10,11)12/h5-8,11-14,19-20H,4,9-10,15-18H2,1-3H3;4-15H,1-3H3;1-13H;1-15H;4*1,3H2,2H3,(H,10,11,12)/q4*+1;;;;/p-4. The summed E-state index contributed by atoms with van der Waals surface area (Å²) in [4.78, 5) is 63.2. The van der Waals surface area contributed by atoms with Crippen molar-refractivity contribution in [3.63, 3.8) is 0 Å². The van der Waals surface area contributed by atoms with Gasteiger partial charge in [0.2, 0.25) is 0 Å². The summed E-state index contributed by atoms with van der Waals surface area (Å²) in [6.07, 6.45) is 6.53. The number of carbonyl (C=O) groups excluding carboxylic acids is 5. The molecule has 0 aliphatic heterocycles. The first-order valence-corrected chi connectivity index (χ1v) is 56.6. The molecule has 794 valence electrons. The molecule has 1 aliphatic carbocycles. The Morgan fingerprint density at radius 1 is 0.347 bits per heavy atom. The molecule has 1 aliphatic rings. The van der Waals surface area contributed by atoms with E-state index in [0.717, 1.165) is 25.7 Å². The Morgan fingerprint density at radius 3 is 0.807 bits per heavy atom. The largest absolute Gasteiger partial charge is 0.743 e. The minimum absolute atomic E-state index is 0.0146. The molecule has 1 fully saturated rings. The Kier molecular flexibility index (Phi) is 41.9. The Balaban J connectivity index is 0.000000195. The Bertz CT molecular complexity index is 7290. The molecule has 1 saturated carbocycles. The van der Waals surface area contributed by atoms with E-state index in [-0.39, 0.29) is 81.6 Å². The van der Waals surface area contributed by atoms with Crippen molar-refractivity contribution in [3.8, 4) is 14.7 Å². The summed E-state index contributed by atoms with van der Waals surface area (Å²) in [6, 6.07) is 110. The van der Waals surface area contributed by atoms with E-state index in [1.807, 2.05) is 0 Å². The first-order chi connectivity index (χ1) is 70.3. The van der Waals surface area contributed by atoms with Gasteiger partial charge in [-0.1, -0.05) is 212 Å². The summed E-state index contributed by atoms with van der Waals surface area (Å²) in [5, 5.41) is -10.2. The minimum atomic E-state index is -5.81. The number of halogens is 8. The van der Waals surface area contributed by atoms with Crippen LogP contribution in [0, 0.1) is 13.8 Å². The number of hydrogen-bond donors (Lipinski definition) is 0. The molecule has 0 radical (unpaired) electrons. The molecule has 0 amide bonds. The van der Waals surface area contributed by atoms with Gasteiger partial charge in [0.05, 0.1) is 10.9 Å². The molecule has 150 heavy (non-hydrogen) atoms. The van der Waals surface area contributed by atoms with Crippen LogP contribution in [0.15, 0.2) is 367 Å². The van der Waals surface area contributed by atoms with Crippen LogP contribution in [0.3, 0.4) is 0 Å². The highest BCUT2D eigenvalue weighted by molar-refractivity contribution is 7.97. The average Bonchev–Trinajstić information content (AvgIpc) is 1.60. The molecule has 38 heteroatoms. The monoisotopic (exact) mass is 2210 g/mol. The zero-order valence-electron chi connectivity index (χ0n) is 83.2. The lowest BCUT2D eigenvalue weighted by atomic mass is 9.87. The van der Waals surface area contributed by atoms with Crippen LogP contribution in [0.2, 0.25) is 0 Å². The van der Waals surface area contributed by atoms with Crippen molar-refractivity contribution in [2.75, 3.05) is 26.4 Å². The molecule has 15 aromatic rings. The lowest BCUT2D eigenvalue weighted by molar-refractivity contribution is -0.159. The lowest BCUT2D eigenvalue weighted by Gasteiger charge is -2.27. The molecular formula is C112H110F8O22S8. The maximum absolute atomic E-state index is 12.7. The van der Waals surface area contributed by atoms with Gasteiger partial charge in [-0.05, 0) is 241 Å². The number of rotatable bonds is 27. The number of hydrogen-bond acceptors (Lipinski definition) is 22. The van der Waals surface area contributed by atoms with Gasteiger partial charge < -0.3 is 41.9 Å². The summed E-state index contributed by atoms with van der Waals surface area (Å²) in [7, 11) is -23.3. The minimum Gasteiger partial charge on any atom is -0.743 e. The van der Waals surface area contributed by atoms with Crippen LogP contribution in [-0.2, 0) is 111 Å². The van der Waals surface area contributed by atoms with E-state index < -0.39 is 112 Å². The molecule has 0 bridgehead atoms. The third-order valence-electron chi connectivity index (χ3n) is 22.7. The van der Waals surface area contributed by atoms with Gasteiger partial charge in [-0.2, -0.15) is 35.1 Å². The number of fused-ring (bicyclic) bond motifs is 9. The molecular weight excluding hydrogens is 2110 g/mol. The summed E-state index contributed by atoms with van der Waals surface area (Å²) in [6.45, 7) is 23.2. The highest BCUT2D eigenvalue weighted by atomic mass is 32.2. The normalized spacial score (nSPS) is 12.6. The number of esters is 5. The molecule has 3 aromatic heterocycles. The zero-order chi connectivity index (χ0) is 111. The fraction of sp³-hybridized carbons (Fsp3) is 0.241. The van der Waals surface area contributed by atoms with Gasteiger partial charge in [0, 0.05) is 105 Å². The Hall–Kier alpha value is -13.0. The number of carbonyl (C=O) groups is 5. The van der Waals surface area contributed by atoms with Crippen LogP contribution in [-0.4, -0.2) is 135 Å². The predicted octanol–water partition coefficient (Wildman–Crippen LogP) is 27.1. The van der Waals surface area contributed by atoms with E-state index in [1.165, 1.54) is 153 Å². The second-order valence-electron chi connectivity index (χ2n) is 35.3. The summed E-state index contributed by atoms with van der Waals surface area (Å²) in [5.74, 6) is -4.79. The zero-order valence-corrected chi connectivity index (χ0v) is 89.8. The lowest BCUT2D eigenvalue weighted by Crippen LogP contribution is -2.34. The third-order valence-corrected chi connectivity index (χ3v) is 35.3. The van der Waals surface area contributed by atoms with Crippen LogP contribution in [0.5, 0.6) is 0 Å². The van der Waals surface area contributed by atoms with Crippen molar-refractivity contribution >= 4 is 173 Å². The molecule has 12 aromatic carbocycles. The fourth-order valence-electron chi connectivity index (χ4n) is 15.0. The van der Waals surface area contributed by atoms with Crippen LogP contribution in [0.4, 0.5) is 35.1 Å². The van der Waals surface area contributed by atoms with Gasteiger partial charge in [0.15, 0.2) is 124 Å². The highest BCUT2D eigenvalue weighted by Crippen LogP contribution is 2.52. The number of ether oxygens (including phenoxy) is 5. The average molecular weight is 2220 g/mol. The fourth-order valence-corrected chi connectivity index (χ4v) is 25.2. The smallest absolute Gasteiger partial charge is 0.367 e. The van der Waals surface area contributed by atoms with E-state index in [4.69, 9.17) is 4.74 Å². The number of alkyl halides is 8. The van der Waals surface area contributed by atoms with E-state index >= 15 is 0 Å². The van der Waals surface area contributed by atoms with Crippen molar-refractivity contribution in [2.45, 2.75) is 161 Å². The highest BCUT2D eigenvalue weighted by Gasteiger charge is 2.44. The van der Waals surface area contributed by atoms with Gasteiger partial charge in [0.25, 0.3) is 0 Å². The maximum atomic E-state index is 12.7. The summed E-state index contributed by atoms with van der Waals surface area (Å²) in [5.41, 5.74) is 4.53. The SMILES string of the molecule is C=C(C)C(=O)OCC(F)(F)S(=O)(=O)[O-].C=C(C)C(=O)OCC(F)(F)S(=O)(=O)[O-].C=C(C)C(=O)OCC(F)(F)S(=O)(=O)[O-].C=C(C)C(=O)OCC(F)(F)S(=O)(=O)[O-].CC(C)(C)c1ccc(-[s+]2c3ccccc3c3ccccc32)cc1.CCC1(OC(=O)CCc2c(C)cc(-[s+]3c4ccccc4c4ccccc43)cc2C)CCCC1.c1ccc(-[s+]2c3ccccc3c3ccccc32)cc1.c1ccc([S+](c2ccccc2)c2ccccc2)cc1. The number of aryl methyl sites for hydroxylation is 2. The van der Waals surface area contributed by atoms with Crippen molar-refractivity contribution < 1.29 is 135 Å². The molecule has 0 atom stereocenters. The van der Waals surface area contributed by atoms with E-state index in [0.29, 0.717) is 6.42 Å². The molecule has 16 rings (SSSR count). The van der Waals surface area contributed by atoms with Gasteiger partial charge >= 0.3 is 50.9 Å². The molecule has 3 heterocycles. The van der Waals surface area contributed by atoms with E-state index in [2.05, 4.69) is 390 Å². The van der Waals surface area contributed by atoms with Crippen LogP contribution in [0.25, 0.3) is 75.2 Å². The molecule has 22 nitrogen and oxygen atoms in total. The Labute approximate surface area is 877 Å². The van der Waals surface area contributed by atoms with Gasteiger partial charge in [-0.15, -0.1) is 0 Å². The summed E-state index contributed by atoms with van der Waals surface area (Å²) >= 11 is 0. The molecule has 0 saturated heterocycles. The van der Waals surface area contributed by atoms with Crippen molar-refractivity contribution in [1.29, 1.82) is 0 Å². The van der Waals surface area contributed by atoms with Gasteiger partial charge in [-0.25, -0.2) is 52.8 Å². The van der Waals surface area contributed by atoms with Crippen molar-refractivity contribution in [1.82, 2.24) is 0 Å². The van der Waals surface area contributed by atoms with E-state index in [1.54, 1.807) is 0 Å². The predicted molar refractivity (Wildman–Crippen MR) is 573 cm³/mol. The third kappa shape index (κ3) is 32.1. The second kappa shape index (κ2) is 52.2. The van der Waals surface area contributed by atoms with Crippen molar-refractivity contribution in [2.24, 2.45) is 0 Å². The first kappa shape index (κ1) is 121. The Morgan fingerprint density at radius 2 is 0.573 bits per heavy atom. The molecule has 0 unspecified atom stereocenters. The van der Waals surface area contributed by atoms with Crippen LogP contribution in [0.1, 0.15) is 116 Å². The maximum Gasteiger partial charge on any atom is 0.367 e. The van der Waals surface area contributed by atoms with E-state index in [9.17, 15) is 111 Å². The quantitative estimate of drug-likeness (QED) is 0.0115. The number of thiophene rings is 3. The topological polar surface area (TPSA) is 360 Å². The molecule has 0 spiro atoms. The molecule has 0 N–H and O–H groups in total. The number of benzene rings is 12.